The van der Waals surface area contributed by atoms with Crippen LogP contribution >= 0.6 is 27.3 Å². The van der Waals surface area contributed by atoms with Gasteiger partial charge in [0, 0.05) is 9.85 Å². The first-order valence-electron chi connectivity index (χ1n) is 5.07. The van der Waals surface area contributed by atoms with Crippen LogP contribution in [0.5, 0.6) is 0 Å². The summed E-state index contributed by atoms with van der Waals surface area (Å²) in [6, 6.07) is 4.80. The van der Waals surface area contributed by atoms with Crippen LogP contribution in [-0.4, -0.2) is 13.4 Å². The number of nitrogens with zero attached hydrogens (tertiary/aromatic N) is 1. The summed E-state index contributed by atoms with van der Waals surface area (Å²) < 4.78 is 25.2. The number of aromatic nitrogens is 1. The third-order valence-electron chi connectivity index (χ3n) is 2.32. The van der Waals surface area contributed by atoms with E-state index >= 15 is 0 Å². The lowest BCUT2D eigenvalue weighted by Gasteiger charge is -2.06. The molecule has 0 aliphatic heterocycles. The van der Waals surface area contributed by atoms with Crippen molar-refractivity contribution in [3.8, 4) is 0 Å². The number of halogens is 1. The minimum atomic E-state index is -3.46. The highest BCUT2D eigenvalue weighted by Gasteiger charge is 2.20. The molecule has 2 aromatic rings. The van der Waals surface area contributed by atoms with Crippen molar-refractivity contribution in [3.05, 3.63) is 38.8 Å². The van der Waals surface area contributed by atoms with Crippen molar-refractivity contribution in [3.63, 3.8) is 0 Å². The van der Waals surface area contributed by atoms with Crippen LogP contribution in [0, 0.1) is 6.92 Å². The average molecular weight is 347 g/mol. The van der Waals surface area contributed by atoms with Gasteiger partial charge in [-0.2, -0.15) is 0 Å². The maximum Gasteiger partial charge on any atom is 0.186 e. The zero-order valence-corrected chi connectivity index (χ0v) is 12.8. The zero-order chi connectivity index (χ0) is 13.3. The van der Waals surface area contributed by atoms with Crippen LogP contribution in [-0.2, 0) is 15.6 Å². The molecule has 0 aliphatic rings. The second kappa shape index (κ2) is 4.99. The minimum absolute atomic E-state index is 0.127. The number of sulfone groups is 1. The van der Waals surface area contributed by atoms with Crippen molar-refractivity contribution >= 4 is 42.8 Å². The fourth-order valence-electron chi connectivity index (χ4n) is 1.52. The third kappa shape index (κ3) is 2.90. The summed E-state index contributed by atoms with van der Waals surface area (Å²) in [5.41, 5.74) is 6.52. The number of nitrogens with two attached hydrogens (primary N) is 1. The van der Waals surface area contributed by atoms with Crippen molar-refractivity contribution in [2.45, 2.75) is 17.6 Å². The first kappa shape index (κ1) is 13.5. The molecule has 0 fully saturated rings. The molecule has 0 saturated heterocycles. The lowest BCUT2D eigenvalue weighted by Crippen LogP contribution is -2.08. The van der Waals surface area contributed by atoms with Gasteiger partial charge in [-0.15, -0.1) is 11.3 Å². The number of aryl methyl sites for hydroxylation is 1. The van der Waals surface area contributed by atoms with Crippen molar-refractivity contribution in [2.75, 3.05) is 5.73 Å². The lowest BCUT2D eigenvalue weighted by molar-refractivity contribution is 0.595. The average Bonchev–Trinajstić information content (AvgIpc) is 2.66. The lowest BCUT2D eigenvalue weighted by atomic mass is 10.3. The molecule has 2 rings (SSSR count). The topological polar surface area (TPSA) is 73.0 Å². The number of anilines is 1. The third-order valence-corrected chi connectivity index (χ3v) is 5.33. The van der Waals surface area contributed by atoms with E-state index in [-0.39, 0.29) is 16.3 Å². The Morgan fingerprint density at radius 1 is 1.44 bits per heavy atom. The quantitative estimate of drug-likeness (QED) is 0.867. The number of rotatable bonds is 3. The fourth-order valence-corrected chi connectivity index (χ4v) is 4.18. The Morgan fingerprint density at radius 2 is 2.17 bits per heavy atom. The summed E-state index contributed by atoms with van der Waals surface area (Å²) in [6.07, 6.45) is 0. The number of thiazole rings is 1. The molecule has 0 aliphatic carbocycles. The van der Waals surface area contributed by atoms with E-state index in [1.165, 1.54) is 17.4 Å². The highest BCUT2D eigenvalue weighted by Crippen LogP contribution is 2.26. The van der Waals surface area contributed by atoms with Crippen LogP contribution in [0.15, 0.2) is 32.9 Å². The Bertz CT molecular complexity index is 680. The van der Waals surface area contributed by atoms with Gasteiger partial charge in [-0.25, -0.2) is 13.4 Å². The first-order chi connectivity index (χ1) is 8.38. The Hall–Kier alpha value is -0.920. The van der Waals surface area contributed by atoms with Gasteiger partial charge >= 0.3 is 0 Å². The molecule has 0 amide bonds. The predicted molar refractivity (Wildman–Crippen MR) is 76.3 cm³/mol. The van der Waals surface area contributed by atoms with Gasteiger partial charge in [0.25, 0.3) is 0 Å². The molecule has 0 spiro atoms. The van der Waals surface area contributed by atoms with Crippen molar-refractivity contribution in [2.24, 2.45) is 0 Å². The molecule has 0 radical (unpaired) electrons. The molecule has 0 atom stereocenters. The van der Waals surface area contributed by atoms with E-state index < -0.39 is 9.84 Å². The van der Waals surface area contributed by atoms with E-state index in [9.17, 15) is 8.42 Å². The Labute approximate surface area is 118 Å². The van der Waals surface area contributed by atoms with Gasteiger partial charge in [-0.3, -0.25) is 0 Å². The van der Waals surface area contributed by atoms with Crippen molar-refractivity contribution in [1.29, 1.82) is 0 Å². The van der Waals surface area contributed by atoms with E-state index in [2.05, 4.69) is 20.9 Å². The van der Waals surface area contributed by atoms with E-state index in [4.69, 9.17) is 5.73 Å². The molecule has 1 heterocycles. The van der Waals surface area contributed by atoms with Crippen molar-refractivity contribution < 1.29 is 8.42 Å². The molecule has 1 aromatic carbocycles. The summed E-state index contributed by atoms with van der Waals surface area (Å²) >= 11 is 4.68. The van der Waals surface area contributed by atoms with E-state index in [1.807, 2.05) is 6.92 Å². The predicted octanol–water partition coefficient (Wildman–Crippen LogP) is 2.77. The monoisotopic (exact) mass is 346 g/mol. The van der Waals surface area contributed by atoms with Crippen molar-refractivity contribution in [1.82, 2.24) is 4.98 Å². The van der Waals surface area contributed by atoms with Crippen LogP contribution in [0.25, 0.3) is 0 Å². The van der Waals surface area contributed by atoms with Gasteiger partial charge in [0.2, 0.25) is 0 Å². The van der Waals surface area contributed by atoms with Gasteiger partial charge in [0.15, 0.2) is 9.84 Å². The second-order valence-electron chi connectivity index (χ2n) is 3.80. The van der Waals surface area contributed by atoms with Crippen LogP contribution in [0.4, 0.5) is 5.69 Å². The van der Waals surface area contributed by atoms with Gasteiger partial charge in [0.05, 0.1) is 27.0 Å². The molecule has 1 aromatic heterocycles. The maximum atomic E-state index is 12.2. The highest BCUT2D eigenvalue weighted by atomic mass is 79.9. The van der Waals surface area contributed by atoms with Gasteiger partial charge in [-0.1, -0.05) is 15.9 Å². The molecule has 0 bridgehead atoms. The van der Waals surface area contributed by atoms with Gasteiger partial charge < -0.3 is 5.73 Å². The number of hydrogen-bond acceptors (Lipinski definition) is 5. The SMILES string of the molecule is Cc1nc(CS(=O)(=O)c2cc(Br)ccc2N)cs1. The standard InChI is InChI=1S/C11H11BrN2O2S2/c1-7-14-9(5-17-7)6-18(15,16)11-4-8(12)2-3-10(11)13/h2-5H,6,13H2,1H3. The first-order valence-corrected chi connectivity index (χ1v) is 8.40. The van der Waals surface area contributed by atoms with Gasteiger partial charge in [-0.05, 0) is 25.1 Å². The molecule has 0 saturated carbocycles. The van der Waals surface area contributed by atoms with Crippen LogP contribution in [0.3, 0.4) is 0 Å². The normalized spacial score (nSPS) is 11.7. The molecule has 0 unspecified atom stereocenters. The van der Waals surface area contributed by atoms with Crippen LogP contribution < -0.4 is 5.73 Å². The molecule has 18 heavy (non-hydrogen) atoms. The largest absolute Gasteiger partial charge is 0.398 e. The molecular formula is C11H11BrN2O2S2. The van der Waals surface area contributed by atoms with E-state index in [0.29, 0.717) is 10.2 Å². The Kier molecular flexibility index (Phi) is 3.74. The Balaban J connectivity index is 2.39. The molecule has 2 N–H and O–H groups in total. The number of benzene rings is 1. The number of hydrogen-bond donors (Lipinski definition) is 1. The summed E-state index contributed by atoms with van der Waals surface area (Å²) in [5, 5.41) is 2.60. The number of nitrogen functional groups attached to an aromatic ring is 1. The fraction of sp³-hybridized carbons (Fsp3) is 0.182. The molecule has 4 nitrogen and oxygen atoms in total. The van der Waals surface area contributed by atoms with Crippen LogP contribution in [0.1, 0.15) is 10.7 Å². The summed E-state index contributed by atoms with van der Waals surface area (Å²) in [6.45, 7) is 1.84. The summed E-state index contributed by atoms with van der Waals surface area (Å²) in [5.74, 6) is -0.127. The highest BCUT2D eigenvalue weighted by molar-refractivity contribution is 9.10. The van der Waals surface area contributed by atoms with Crippen LogP contribution in [0.2, 0.25) is 0 Å². The summed E-state index contributed by atoms with van der Waals surface area (Å²) in [4.78, 5) is 4.30. The summed E-state index contributed by atoms with van der Waals surface area (Å²) in [7, 11) is -3.46. The second-order valence-corrected chi connectivity index (χ2v) is 7.73. The zero-order valence-electron chi connectivity index (χ0n) is 9.55. The Morgan fingerprint density at radius 3 is 2.78 bits per heavy atom. The smallest absolute Gasteiger partial charge is 0.186 e. The maximum absolute atomic E-state index is 12.2. The minimum Gasteiger partial charge on any atom is -0.398 e. The van der Waals surface area contributed by atoms with E-state index in [1.54, 1.807) is 17.5 Å². The molecule has 7 heteroatoms. The molecular weight excluding hydrogens is 336 g/mol. The van der Waals surface area contributed by atoms with E-state index in [0.717, 1.165) is 5.01 Å². The van der Waals surface area contributed by atoms with Gasteiger partial charge in [0.1, 0.15) is 0 Å². The molecule has 96 valence electrons.